The molecule has 4 heteroatoms. The molecular weight excluding hydrogens is 188 g/mol. The summed E-state index contributed by atoms with van der Waals surface area (Å²) in [5.74, 6) is 2.83. The highest BCUT2D eigenvalue weighted by Crippen LogP contribution is 2.28. The summed E-state index contributed by atoms with van der Waals surface area (Å²) in [6.45, 7) is 8.63. The summed E-state index contributed by atoms with van der Waals surface area (Å²) in [6, 6.07) is 0.401. The van der Waals surface area contributed by atoms with Gasteiger partial charge in [-0.15, -0.1) is 10.2 Å². The van der Waals surface area contributed by atoms with E-state index in [4.69, 9.17) is 0 Å². The minimum absolute atomic E-state index is 0.401. The van der Waals surface area contributed by atoms with E-state index in [2.05, 4.69) is 33.9 Å². The fourth-order valence-electron chi connectivity index (χ4n) is 2.31. The Morgan fingerprint density at radius 3 is 2.87 bits per heavy atom. The van der Waals surface area contributed by atoms with Crippen LogP contribution in [0.2, 0.25) is 0 Å². The second-order valence-electron chi connectivity index (χ2n) is 4.45. The van der Waals surface area contributed by atoms with Crippen molar-refractivity contribution in [1.29, 1.82) is 0 Å². The summed E-state index contributed by atoms with van der Waals surface area (Å²) in [5.41, 5.74) is 0. The molecule has 1 N–H and O–H groups in total. The predicted octanol–water partition coefficient (Wildman–Crippen LogP) is 1.67. The van der Waals surface area contributed by atoms with Gasteiger partial charge in [-0.2, -0.15) is 0 Å². The topological polar surface area (TPSA) is 42.7 Å². The van der Waals surface area contributed by atoms with Gasteiger partial charge in [-0.3, -0.25) is 0 Å². The molecule has 1 saturated heterocycles. The van der Waals surface area contributed by atoms with E-state index in [9.17, 15) is 0 Å². The van der Waals surface area contributed by atoms with Crippen LogP contribution in [0.15, 0.2) is 0 Å². The van der Waals surface area contributed by atoms with Gasteiger partial charge in [0.25, 0.3) is 0 Å². The van der Waals surface area contributed by atoms with Gasteiger partial charge >= 0.3 is 0 Å². The van der Waals surface area contributed by atoms with Crippen LogP contribution in [0.25, 0.3) is 0 Å². The first-order valence-electron chi connectivity index (χ1n) is 5.87. The summed E-state index contributed by atoms with van der Waals surface area (Å²) in [7, 11) is 0. The number of nitrogens with one attached hydrogen (secondary N) is 1. The molecule has 15 heavy (non-hydrogen) atoms. The highest BCUT2D eigenvalue weighted by atomic mass is 15.3. The van der Waals surface area contributed by atoms with Gasteiger partial charge in [-0.05, 0) is 32.2 Å². The van der Waals surface area contributed by atoms with Gasteiger partial charge in [0.15, 0.2) is 0 Å². The number of nitrogens with zero attached hydrogens (tertiary/aromatic N) is 3. The van der Waals surface area contributed by atoms with E-state index in [0.29, 0.717) is 12.0 Å². The van der Waals surface area contributed by atoms with Crippen molar-refractivity contribution in [3.8, 4) is 0 Å². The summed E-state index contributed by atoms with van der Waals surface area (Å²) in [4.78, 5) is 0. The molecule has 2 rings (SSSR count). The lowest BCUT2D eigenvalue weighted by atomic mass is 10.0. The molecule has 1 aliphatic heterocycles. The SMILES string of the molecule is CCCn1c(C)nnc1C1NCCC1C. The molecular formula is C11H20N4. The average Bonchev–Trinajstić information content (AvgIpc) is 2.76. The maximum absolute atomic E-state index is 4.32. The van der Waals surface area contributed by atoms with Gasteiger partial charge < -0.3 is 9.88 Å². The number of aromatic nitrogens is 3. The van der Waals surface area contributed by atoms with Crippen LogP contribution in [0.4, 0.5) is 0 Å². The van der Waals surface area contributed by atoms with Crippen LogP contribution in [0.1, 0.15) is 44.4 Å². The minimum atomic E-state index is 0.401. The Kier molecular flexibility index (Phi) is 3.05. The Bertz CT molecular complexity index is 331. The van der Waals surface area contributed by atoms with Gasteiger partial charge in [0.05, 0.1) is 6.04 Å². The molecule has 4 nitrogen and oxygen atoms in total. The molecule has 0 spiro atoms. The first kappa shape index (κ1) is 10.6. The molecule has 1 aromatic heterocycles. The monoisotopic (exact) mass is 208 g/mol. The van der Waals surface area contributed by atoms with Crippen molar-refractivity contribution in [2.75, 3.05) is 6.54 Å². The highest BCUT2D eigenvalue weighted by molar-refractivity contribution is 5.04. The third-order valence-electron chi connectivity index (χ3n) is 3.22. The van der Waals surface area contributed by atoms with Crippen molar-refractivity contribution in [3.63, 3.8) is 0 Å². The molecule has 2 atom stereocenters. The van der Waals surface area contributed by atoms with Crippen LogP contribution in [-0.4, -0.2) is 21.3 Å². The molecule has 0 amide bonds. The number of aryl methyl sites for hydroxylation is 1. The highest BCUT2D eigenvalue weighted by Gasteiger charge is 2.28. The third kappa shape index (κ3) is 1.91. The molecule has 0 radical (unpaired) electrons. The van der Waals surface area contributed by atoms with E-state index >= 15 is 0 Å². The Labute approximate surface area is 91.1 Å². The number of hydrogen-bond acceptors (Lipinski definition) is 3. The minimum Gasteiger partial charge on any atom is -0.314 e. The van der Waals surface area contributed by atoms with Crippen molar-refractivity contribution in [3.05, 3.63) is 11.6 Å². The molecule has 1 aromatic rings. The third-order valence-corrected chi connectivity index (χ3v) is 3.22. The van der Waals surface area contributed by atoms with Crippen molar-refractivity contribution >= 4 is 0 Å². The number of rotatable bonds is 3. The smallest absolute Gasteiger partial charge is 0.150 e. The van der Waals surface area contributed by atoms with E-state index < -0.39 is 0 Å². The normalized spacial score (nSPS) is 26.1. The van der Waals surface area contributed by atoms with Gasteiger partial charge in [0, 0.05) is 6.54 Å². The second kappa shape index (κ2) is 4.31. The van der Waals surface area contributed by atoms with Gasteiger partial charge in [-0.25, -0.2) is 0 Å². The van der Waals surface area contributed by atoms with Crippen molar-refractivity contribution in [2.24, 2.45) is 5.92 Å². The molecule has 84 valence electrons. The summed E-state index contributed by atoms with van der Waals surface area (Å²) >= 11 is 0. The van der Waals surface area contributed by atoms with Crippen LogP contribution in [0, 0.1) is 12.8 Å². The Morgan fingerprint density at radius 1 is 1.47 bits per heavy atom. The van der Waals surface area contributed by atoms with E-state index in [1.54, 1.807) is 0 Å². The molecule has 1 fully saturated rings. The van der Waals surface area contributed by atoms with E-state index in [1.165, 1.54) is 6.42 Å². The standard InChI is InChI=1S/C11H20N4/c1-4-7-15-9(3)13-14-11(15)10-8(2)5-6-12-10/h8,10,12H,4-7H2,1-3H3. The van der Waals surface area contributed by atoms with Crippen LogP contribution in [0.3, 0.4) is 0 Å². The molecule has 0 bridgehead atoms. The fourth-order valence-corrected chi connectivity index (χ4v) is 2.31. The van der Waals surface area contributed by atoms with Crippen molar-refractivity contribution in [1.82, 2.24) is 20.1 Å². The quantitative estimate of drug-likeness (QED) is 0.821. The Morgan fingerprint density at radius 2 is 2.27 bits per heavy atom. The number of hydrogen-bond donors (Lipinski definition) is 1. The summed E-state index contributed by atoms with van der Waals surface area (Å²) in [6.07, 6.45) is 2.37. The molecule has 2 heterocycles. The first-order chi connectivity index (χ1) is 7.24. The maximum atomic E-state index is 4.32. The zero-order valence-corrected chi connectivity index (χ0v) is 9.82. The summed E-state index contributed by atoms with van der Waals surface area (Å²) in [5, 5.41) is 12.0. The zero-order valence-electron chi connectivity index (χ0n) is 9.82. The zero-order chi connectivity index (χ0) is 10.8. The van der Waals surface area contributed by atoms with Crippen molar-refractivity contribution < 1.29 is 0 Å². The Hall–Kier alpha value is -0.900. The molecule has 1 aliphatic rings. The second-order valence-corrected chi connectivity index (χ2v) is 4.45. The van der Waals surface area contributed by atoms with E-state index in [0.717, 1.165) is 31.2 Å². The lowest BCUT2D eigenvalue weighted by Gasteiger charge is -2.16. The lowest BCUT2D eigenvalue weighted by molar-refractivity contribution is 0.451. The summed E-state index contributed by atoms with van der Waals surface area (Å²) < 4.78 is 2.25. The van der Waals surface area contributed by atoms with Crippen LogP contribution in [0.5, 0.6) is 0 Å². The lowest BCUT2D eigenvalue weighted by Crippen LogP contribution is -2.21. The van der Waals surface area contributed by atoms with Crippen LogP contribution < -0.4 is 5.32 Å². The van der Waals surface area contributed by atoms with E-state index in [1.807, 2.05) is 6.92 Å². The molecule has 0 aliphatic carbocycles. The Balaban J connectivity index is 2.26. The van der Waals surface area contributed by atoms with Crippen LogP contribution in [-0.2, 0) is 6.54 Å². The largest absolute Gasteiger partial charge is 0.314 e. The predicted molar refractivity (Wildman–Crippen MR) is 59.6 cm³/mol. The average molecular weight is 208 g/mol. The molecule has 0 aromatic carbocycles. The van der Waals surface area contributed by atoms with Gasteiger partial charge in [0.2, 0.25) is 0 Å². The van der Waals surface area contributed by atoms with Crippen molar-refractivity contribution in [2.45, 2.75) is 46.2 Å². The van der Waals surface area contributed by atoms with Crippen LogP contribution >= 0.6 is 0 Å². The van der Waals surface area contributed by atoms with Gasteiger partial charge in [-0.1, -0.05) is 13.8 Å². The van der Waals surface area contributed by atoms with E-state index in [-0.39, 0.29) is 0 Å². The fraction of sp³-hybridized carbons (Fsp3) is 0.818. The first-order valence-corrected chi connectivity index (χ1v) is 5.87. The maximum Gasteiger partial charge on any atom is 0.150 e. The molecule has 2 unspecified atom stereocenters. The van der Waals surface area contributed by atoms with Gasteiger partial charge in [0.1, 0.15) is 11.6 Å². The molecule has 0 saturated carbocycles.